The summed E-state index contributed by atoms with van der Waals surface area (Å²) in [5, 5.41) is 10.3. The highest BCUT2D eigenvalue weighted by Gasteiger charge is 2.17. The Balaban J connectivity index is 1.82. The zero-order valence-electron chi connectivity index (χ0n) is 8.81. The normalized spacial score (nSPS) is 15.8. The SMILES string of the molecule is c1cc(NC2COC2)cc(-c2ccn[nH]2)c1. The van der Waals surface area contributed by atoms with Crippen LogP contribution >= 0.6 is 0 Å². The molecule has 0 aliphatic carbocycles. The topological polar surface area (TPSA) is 49.9 Å². The molecule has 3 rings (SSSR count). The molecule has 0 radical (unpaired) electrons. The fraction of sp³-hybridized carbons (Fsp3) is 0.250. The highest BCUT2D eigenvalue weighted by atomic mass is 16.5. The summed E-state index contributed by atoms with van der Waals surface area (Å²) in [5.74, 6) is 0. The summed E-state index contributed by atoms with van der Waals surface area (Å²) in [6.45, 7) is 1.60. The molecule has 1 aliphatic rings. The molecule has 1 aromatic carbocycles. The van der Waals surface area contributed by atoms with Gasteiger partial charge in [-0.3, -0.25) is 5.10 Å². The molecule has 1 aromatic heterocycles. The maximum Gasteiger partial charge on any atom is 0.0728 e. The largest absolute Gasteiger partial charge is 0.378 e. The summed E-state index contributed by atoms with van der Waals surface area (Å²) in [6.07, 6.45) is 1.76. The van der Waals surface area contributed by atoms with Crippen molar-refractivity contribution in [3.8, 4) is 11.3 Å². The van der Waals surface area contributed by atoms with Gasteiger partial charge in [0.25, 0.3) is 0 Å². The molecule has 0 saturated carbocycles. The predicted octanol–water partition coefficient (Wildman–Crippen LogP) is 1.89. The maximum atomic E-state index is 5.13. The van der Waals surface area contributed by atoms with E-state index in [0.29, 0.717) is 6.04 Å². The second kappa shape index (κ2) is 3.98. The highest BCUT2D eigenvalue weighted by molar-refractivity contribution is 5.64. The number of rotatable bonds is 3. The lowest BCUT2D eigenvalue weighted by Crippen LogP contribution is -2.40. The number of H-pyrrole nitrogens is 1. The van der Waals surface area contributed by atoms with E-state index >= 15 is 0 Å². The lowest BCUT2D eigenvalue weighted by Gasteiger charge is -2.27. The van der Waals surface area contributed by atoms with Crippen molar-refractivity contribution >= 4 is 5.69 Å². The summed E-state index contributed by atoms with van der Waals surface area (Å²) >= 11 is 0. The summed E-state index contributed by atoms with van der Waals surface area (Å²) in [6, 6.07) is 10.7. The third kappa shape index (κ3) is 1.79. The smallest absolute Gasteiger partial charge is 0.0728 e. The number of aromatic nitrogens is 2. The summed E-state index contributed by atoms with van der Waals surface area (Å²) in [4.78, 5) is 0. The molecule has 0 bridgehead atoms. The van der Waals surface area contributed by atoms with Gasteiger partial charge in [0.1, 0.15) is 0 Å². The highest BCUT2D eigenvalue weighted by Crippen LogP contribution is 2.21. The number of hydrogen-bond donors (Lipinski definition) is 2. The van der Waals surface area contributed by atoms with E-state index < -0.39 is 0 Å². The molecule has 2 aromatic rings. The third-order valence-corrected chi connectivity index (χ3v) is 2.68. The zero-order chi connectivity index (χ0) is 10.8. The molecule has 2 heterocycles. The van der Waals surface area contributed by atoms with Gasteiger partial charge in [-0.15, -0.1) is 0 Å². The van der Waals surface area contributed by atoms with Crippen molar-refractivity contribution in [1.29, 1.82) is 0 Å². The molecule has 0 amide bonds. The van der Waals surface area contributed by atoms with Crippen molar-refractivity contribution in [3.05, 3.63) is 36.5 Å². The van der Waals surface area contributed by atoms with E-state index in [2.05, 4.69) is 33.7 Å². The first-order chi connectivity index (χ1) is 7.92. The molecule has 1 aliphatic heterocycles. The van der Waals surface area contributed by atoms with Crippen LogP contribution in [0.15, 0.2) is 36.5 Å². The van der Waals surface area contributed by atoms with Gasteiger partial charge in [0.2, 0.25) is 0 Å². The van der Waals surface area contributed by atoms with Gasteiger partial charge in [0, 0.05) is 17.4 Å². The number of nitrogens with one attached hydrogen (secondary N) is 2. The molecule has 4 heteroatoms. The van der Waals surface area contributed by atoms with Crippen LogP contribution in [0.1, 0.15) is 0 Å². The zero-order valence-corrected chi connectivity index (χ0v) is 8.81. The number of nitrogens with zero attached hydrogens (tertiary/aromatic N) is 1. The molecule has 0 spiro atoms. The molecular formula is C12H13N3O. The van der Waals surface area contributed by atoms with Crippen LogP contribution in [-0.2, 0) is 4.74 Å². The Morgan fingerprint density at radius 3 is 2.94 bits per heavy atom. The Morgan fingerprint density at radius 1 is 1.31 bits per heavy atom. The van der Waals surface area contributed by atoms with Crippen molar-refractivity contribution in [2.24, 2.45) is 0 Å². The van der Waals surface area contributed by atoms with E-state index in [4.69, 9.17) is 4.74 Å². The Morgan fingerprint density at radius 2 is 2.25 bits per heavy atom. The van der Waals surface area contributed by atoms with Crippen molar-refractivity contribution in [1.82, 2.24) is 10.2 Å². The van der Waals surface area contributed by atoms with E-state index in [0.717, 1.165) is 30.2 Å². The third-order valence-electron chi connectivity index (χ3n) is 2.68. The number of anilines is 1. The van der Waals surface area contributed by atoms with Gasteiger partial charge in [0.05, 0.1) is 24.9 Å². The summed E-state index contributed by atoms with van der Waals surface area (Å²) < 4.78 is 5.13. The summed E-state index contributed by atoms with van der Waals surface area (Å²) in [7, 11) is 0. The second-order valence-corrected chi connectivity index (χ2v) is 3.93. The van der Waals surface area contributed by atoms with E-state index in [9.17, 15) is 0 Å². The number of aromatic amines is 1. The maximum absolute atomic E-state index is 5.13. The van der Waals surface area contributed by atoms with E-state index in [1.807, 2.05) is 12.1 Å². The number of benzene rings is 1. The van der Waals surface area contributed by atoms with Crippen LogP contribution in [0.2, 0.25) is 0 Å². The standard InChI is InChI=1S/C12H13N3O/c1-2-9(12-4-5-13-15-12)6-10(3-1)14-11-7-16-8-11/h1-6,11,14H,7-8H2,(H,13,15). The molecule has 16 heavy (non-hydrogen) atoms. The fourth-order valence-electron chi connectivity index (χ4n) is 1.75. The fourth-order valence-corrected chi connectivity index (χ4v) is 1.75. The first kappa shape index (κ1) is 9.42. The van der Waals surface area contributed by atoms with Crippen LogP contribution in [0.5, 0.6) is 0 Å². The molecule has 0 unspecified atom stereocenters. The second-order valence-electron chi connectivity index (χ2n) is 3.93. The van der Waals surface area contributed by atoms with Gasteiger partial charge < -0.3 is 10.1 Å². The van der Waals surface area contributed by atoms with Gasteiger partial charge in [-0.2, -0.15) is 5.10 Å². The first-order valence-corrected chi connectivity index (χ1v) is 5.36. The van der Waals surface area contributed by atoms with E-state index in [-0.39, 0.29) is 0 Å². The lowest BCUT2D eigenvalue weighted by atomic mass is 10.1. The lowest BCUT2D eigenvalue weighted by molar-refractivity contribution is 0.0211. The molecule has 0 atom stereocenters. The van der Waals surface area contributed by atoms with Gasteiger partial charge in [-0.25, -0.2) is 0 Å². The minimum Gasteiger partial charge on any atom is -0.378 e. The Bertz CT molecular complexity index is 463. The molecule has 2 N–H and O–H groups in total. The van der Waals surface area contributed by atoms with Crippen LogP contribution in [0, 0.1) is 0 Å². The summed E-state index contributed by atoms with van der Waals surface area (Å²) in [5.41, 5.74) is 3.30. The van der Waals surface area contributed by atoms with Gasteiger partial charge in [-0.1, -0.05) is 12.1 Å². The molecule has 4 nitrogen and oxygen atoms in total. The van der Waals surface area contributed by atoms with Crippen molar-refractivity contribution < 1.29 is 4.74 Å². The van der Waals surface area contributed by atoms with E-state index in [1.165, 1.54) is 0 Å². The Hall–Kier alpha value is -1.81. The van der Waals surface area contributed by atoms with Crippen molar-refractivity contribution in [2.45, 2.75) is 6.04 Å². The minimum atomic E-state index is 0.456. The van der Waals surface area contributed by atoms with Crippen LogP contribution in [0.4, 0.5) is 5.69 Å². The predicted molar refractivity (Wildman–Crippen MR) is 62.3 cm³/mol. The molecular weight excluding hydrogens is 202 g/mol. The van der Waals surface area contributed by atoms with Crippen molar-refractivity contribution in [3.63, 3.8) is 0 Å². The van der Waals surface area contributed by atoms with Crippen molar-refractivity contribution in [2.75, 3.05) is 18.5 Å². The number of hydrogen-bond acceptors (Lipinski definition) is 3. The molecule has 1 saturated heterocycles. The first-order valence-electron chi connectivity index (χ1n) is 5.36. The van der Waals surface area contributed by atoms with Crippen LogP contribution in [0.3, 0.4) is 0 Å². The van der Waals surface area contributed by atoms with E-state index in [1.54, 1.807) is 6.20 Å². The molecule has 82 valence electrons. The minimum absolute atomic E-state index is 0.456. The number of ether oxygens (including phenoxy) is 1. The van der Waals surface area contributed by atoms with Crippen LogP contribution in [0.25, 0.3) is 11.3 Å². The monoisotopic (exact) mass is 215 g/mol. The Kier molecular flexibility index (Phi) is 2.34. The van der Waals surface area contributed by atoms with Gasteiger partial charge in [-0.05, 0) is 18.2 Å². The average molecular weight is 215 g/mol. The van der Waals surface area contributed by atoms with Crippen LogP contribution < -0.4 is 5.32 Å². The van der Waals surface area contributed by atoms with Gasteiger partial charge in [0.15, 0.2) is 0 Å². The Labute approximate surface area is 93.6 Å². The van der Waals surface area contributed by atoms with Gasteiger partial charge >= 0.3 is 0 Å². The quantitative estimate of drug-likeness (QED) is 0.822. The molecule has 1 fully saturated rings. The van der Waals surface area contributed by atoms with Crippen LogP contribution in [-0.4, -0.2) is 29.5 Å². The average Bonchev–Trinajstić information content (AvgIpc) is 2.77.